The maximum atomic E-state index is 11.3. The van der Waals surface area contributed by atoms with Crippen LogP contribution in [0.15, 0.2) is 6.33 Å². The minimum atomic E-state index is -0.718. The number of rotatable bonds is 4. The van der Waals surface area contributed by atoms with Crippen molar-refractivity contribution in [2.24, 2.45) is 7.05 Å². The van der Waals surface area contributed by atoms with Gasteiger partial charge in [0, 0.05) is 7.05 Å². The van der Waals surface area contributed by atoms with Gasteiger partial charge in [-0.25, -0.2) is 14.5 Å². The van der Waals surface area contributed by atoms with E-state index in [0.29, 0.717) is 12.1 Å². The maximum Gasteiger partial charge on any atom is 0.377 e. The predicted octanol–water partition coefficient (Wildman–Crippen LogP) is 0.258. The summed E-state index contributed by atoms with van der Waals surface area (Å²) in [5.74, 6) is -0.764. The van der Waals surface area contributed by atoms with E-state index >= 15 is 0 Å². The molecule has 10 heteroatoms. The van der Waals surface area contributed by atoms with Crippen LogP contribution in [-0.4, -0.2) is 42.5 Å². The van der Waals surface area contributed by atoms with Gasteiger partial charge in [-0.3, -0.25) is 10.1 Å². The van der Waals surface area contributed by atoms with Crippen LogP contribution >= 0.6 is 0 Å². The molecule has 0 aliphatic carbocycles. The fourth-order valence-electron chi connectivity index (χ4n) is 1.79. The molecule has 0 aliphatic heterocycles. The fourth-order valence-corrected chi connectivity index (χ4v) is 1.79. The van der Waals surface area contributed by atoms with Gasteiger partial charge in [0.15, 0.2) is 0 Å². The molecule has 2 aromatic rings. The number of esters is 1. The lowest BCUT2D eigenvalue weighted by atomic mass is 10.3. The highest BCUT2D eigenvalue weighted by Crippen LogP contribution is 2.26. The fraction of sp³-hybridized carbons (Fsp3) is 0.400. The Bertz CT molecular complexity index is 673. The topological polar surface area (TPSA) is 118 Å². The van der Waals surface area contributed by atoms with E-state index in [9.17, 15) is 14.9 Å². The molecular weight excluding hydrogens is 268 g/mol. The van der Waals surface area contributed by atoms with Gasteiger partial charge >= 0.3 is 11.7 Å². The first-order valence-electron chi connectivity index (χ1n) is 5.70. The number of methoxy groups -OCH3 is 1. The van der Waals surface area contributed by atoms with Crippen molar-refractivity contribution in [2.45, 2.75) is 13.3 Å². The Morgan fingerprint density at radius 2 is 2.20 bits per heavy atom. The number of aromatic nitrogens is 5. The van der Waals surface area contributed by atoms with Gasteiger partial charge in [-0.2, -0.15) is 9.78 Å². The highest BCUT2D eigenvalue weighted by molar-refractivity contribution is 5.84. The third kappa shape index (κ3) is 2.11. The second kappa shape index (κ2) is 5.07. The van der Waals surface area contributed by atoms with E-state index < -0.39 is 10.9 Å². The lowest BCUT2D eigenvalue weighted by molar-refractivity contribution is -0.385. The standard InChI is InChI=1S/C10H12N6O4/c1-4-6-7(16(18)19)9(14(2)12-6)15-5-11-8(13-15)10(17)20-3/h5H,4H2,1-3H3. The Labute approximate surface area is 113 Å². The van der Waals surface area contributed by atoms with Crippen molar-refractivity contribution in [3.63, 3.8) is 0 Å². The van der Waals surface area contributed by atoms with Crippen LogP contribution in [-0.2, 0) is 18.2 Å². The van der Waals surface area contributed by atoms with E-state index in [1.54, 1.807) is 14.0 Å². The lowest BCUT2D eigenvalue weighted by Crippen LogP contribution is -2.08. The van der Waals surface area contributed by atoms with Gasteiger partial charge in [0.2, 0.25) is 5.82 Å². The molecule has 0 bridgehead atoms. The molecule has 0 amide bonds. The molecule has 0 N–H and O–H groups in total. The number of nitrogens with zero attached hydrogens (tertiary/aromatic N) is 6. The molecule has 0 unspecified atom stereocenters. The van der Waals surface area contributed by atoms with E-state index in [1.807, 2.05) is 0 Å². The quantitative estimate of drug-likeness (QED) is 0.447. The van der Waals surface area contributed by atoms with Gasteiger partial charge in [0.1, 0.15) is 12.0 Å². The molecule has 0 saturated heterocycles. The summed E-state index contributed by atoms with van der Waals surface area (Å²) in [6.45, 7) is 1.76. The highest BCUT2D eigenvalue weighted by Gasteiger charge is 2.28. The summed E-state index contributed by atoms with van der Waals surface area (Å²) < 4.78 is 6.95. The number of aryl methyl sites for hydroxylation is 2. The summed E-state index contributed by atoms with van der Waals surface area (Å²) >= 11 is 0. The van der Waals surface area contributed by atoms with Crippen LogP contribution in [0.1, 0.15) is 23.2 Å². The number of carbonyl (C=O) groups excluding carboxylic acids is 1. The zero-order chi connectivity index (χ0) is 14.9. The van der Waals surface area contributed by atoms with Crippen LogP contribution in [0.25, 0.3) is 5.82 Å². The first-order chi connectivity index (χ1) is 9.49. The zero-order valence-corrected chi connectivity index (χ0v) is 11.1. The molecule has 2 heterocycles. The van der Waals surface area contributed by atoms with Gasteiger partial charge in [0.25, 0.3) is 5.82 Å². The zero-order valence-electron chi connectivity index (χ0n) is 11.1. The minimum absolute atomic E-state index is 0.134. The van der Waals surface area contributed by atoms with Crippen molar-refractivity contribution >= 4 is 11.7 Å². The van der Waals surface area contributed by atoms with Gasteiger partial charge in [-0.1, -0.05) is 6.92 Å². The Balaban J connectivity index is 2.57. The van der Waals surface area contributed by atoms with Crippen molar-refractivity contribution in [3.05, 3.63) is 28.0 Å². The Kier molecular flexibility index (Phi) is 3.46. The smallest absolute Gasteiger partial charge is 0.377 e. The van der Waals surface area contributed by atoms with Crippen molar-refractivity contribution < 1.29 is 14.5 Å². The first-order valence-corrected chi connectivity index (χ1v) is 5.70. The van der Waals surface area contributed by atoms with Crippen molar-refractivity contribution in [2.75, 3.05) is 7.11 Å². The second-order valence-electron chi connectivity index (χ2n) is 3.86. The molecule has 2 aromatic heterocycles. The average Bonchev–Trinajstić information content (AvgIpc) is 3.01. The van der Waals surface area contributed by atoms with Gasteiger partial charge < -0.3 is 4.74 Å². The lowest BCUT2D eigenvalue weighted by Gasteiger charge is -1.99. The molecular formula is C10H12N6O4. The monoisotopic (exact) mass is 280 g/mol. The van der Waals surface area contributed by atoms with E-state index in [2.05, 4.69) is 19.9 Å². The number of hydrogen-bond acceptors (Lipinski definition) is 7. The van der Waals surface area contributed by atoms with Gasteiger partial charge in [-0.05, 0) is 6.42 Å². The van der Waals surface area contributed by atoms with Gasteiger partial charge in [-0.15, -0.1) is 5.10 Å². The van der Waals surface area contributed by atoms with Crippen LogP contribution in [0.2, 0.25) is 0 Å². The summed E-state index contributed by atoms with van der Waals surface area (Å²) in [5.41, 5.74) is 0.180. The molecule has 0 atom stereocenters. The Hall–Kier alpha value is -2.78. The van der Waals surface area contributed by atoms with Crippen molar-refractivity contribution in [1.82, 2.24) is 24.5 Å². The van der Waals surface area contributed by atoms with Crippen LogP contribution in [0.3, 0.4) is 0 Å². The normalized spacial score (nSPS) is 10.6. The van der Waals surface area contributed by atoms with Gasteiger partial charge in [0.05, 0.1) is 12.0 Å². The third-order valence-corrected chi connectivity index (χ3v) is 2.66. The average molecular weight is 280 g/mol. The molecule has 20 heavy (non-hydrogen) atoms. The van der Waals surface area contributed by atoms with Crippen molar-refractivity contribution in [1.29, 1.82) is 0 Å². The molecule has 0 radical (unpaired) electrons. The predicted molar refractivity (Wildman–Crippen MR) is 65.5 cm³/mol. The summed E-state index contributed by atoms with van der Waals surface area (Å²) in [7, 11) is 2.76. The Morgan fingerprint density at radius 3 is 2.75 bits per heavy atom. The van der Waals surface area contributed by atoms with E-state index in [0.717, 1.165) is 4.68 Å². The Morgan fingerprint density at radius 1 is 1.50 bits per heavy atom. The minimum Gasteiger partial charge on any atom is -0.463 e. The van der Waals surface area contributed by atoms with Crippen LogP contribution in [0, 0.1) is 10.1 Å². The summed E-state index contributed by atoms with van der Waals surface area (Å²) in [4.78, 5) is 25.7. The SMILES string of the molecule is CCc1nn(C)c(-n2cnc(C(=O)OC)n2)c1[N+](=O)[O-]. The number of nitro groups is 1. The first kappa shape index (κ1) is 13.6. The highest BCUT2D eigenvalue weighted by atomic mass is 16.6. The van der Waals surface area contributed by atoms with Crippen LogP contribution < -0.4 is 0 Å². The molecule has 0 aromatic carbocycles. The maximum absolute atomic E-state index is 11.3. The molecule has 0 fully saturated rings. The number of carbonyl (C=O) groups is 1. The largest absolute Gasteiger partial charge is 0.463 e. The number of ether oxygens (including phenoxy) is 1. The van der Waals surface area contributed by atoms with E-state index in [4.69, 9.17) is 0 Å². The second-order valence-corrected chi connectivity index (χ2v) is 3.86. The third-order valence-electron chi connectivity index (χ3n) is 2.66. The molecule has 106 valence electrons. The summed E-state index contributed by atoms with van der Waals surface area (Å²) in [6, 6.07) is 0. The molecule has 10 nitrogen and oxygen atoms in total. The van der Waals surface area contributed by atoms with Crippen molar-refractivity contribution in [3.8, 4) is 5.82 Å². The van der Waals surface area contributed by atoms with E-state index in [-0.39, 0.29) is 17.3 Å². The molecule has 0 saturated carbocycles. The molecule has 0 spiro atoms. The van der Waals surface area contributed by atoms with Crippen LogP contribution in [0.4, 0.5) is 5.69 Å². The number of hydrogen-bond donors (Lipinski definition) is 0. The summed E-state index contributed by atoms with van der Waals surface area (Å²) in [5, 5.41) is 19.1. The molecule has 2 rings (SSSR count). The van der Waals surface area contributed by atoms with Crippen LogP contribution in [0.5, 0.6) is 0 Å². The molecule has 0 aliphatic rings. The van der Waals surface area contributed by atoms with E-state index in [1.165, 1.54) is 18.1 Å². The summed E-state index contributed by atoms with van der Waals surface area (Å²) in [6.07, 6.45) is 1.61.